The van der Waals surface area contributed by atoms with Gasteiger partial charge >= 0.3 is 0 Å². The molecule has 0 spiro atoms. The van der Waals surface area contributed by atoms with Crippen LogP contribution in [0.25, 0.3) is 0 Å². The third-order valence-corrected chi connectivity index (χ3v) is 4.86. The summed E-state index contributed by atoms with van der Waals surface area (Å²) in [6.07, 6.45) is 2.85. The van der Waals surface area contributed by atoms with E-state index >= 15 is 0 Å². The van der Waals surface area contributed by atoms with Crippen LogP contribution in [0.2, 0.25) is 0 Å². The van der Waals surface area contributed by atoms with Crippen LogP contribution < -0.4 is 5.32 Å². The highest BCUT2D eigenvalue weighted by Crippen LogP contribution is 2.57. The summed E-state index contributed by atoms with van der Waals surface area (Å²) in [6, 6.07) is 4.20. The van der Waals surface area contributed by atoms with Crippen LogP contribution in [0.1, 0.15) is 44.6 Å². The zero-order chi connectivity index (χ0) is 13.3. The molecule has 0 amide bonds. The Kier molecular flexibility index (Phi) is 3.71. The molecule has 0 aliphatic heterocycles. The molecule has 1 aliphatic carbocycles. The van der Waals surface area contributed by atoms with E-state index in [1.807, 2.05) is 7.05 Å². The molecule has 3 heteroatoms. The fourth-order valence-corrected chi connectivity index (χ4v) is 3.65. The predicted octanol–water partition coefficient (Wildman–Crippen LogP) is 3.85. The molecule has 2 atom stereocenters. The minimum absolute atomic E-state index is 0.0589. The van der Waals surface area contributed by atoms with Crippen molar-refractivity contribution in [1.82, 2.24) is 5.32 Å². The lowest BCUT2D eigenvalue weighted by Gasteiger charge is -2.56. The highest BCUT2D eigenvalue weighted by atomic mass is 19.1. The molecule has 1 fully saturated rings. The number of halogens is 2. The molecule has 0 aromatic heterocycles. The van der Waals surface area contributed by atoms with E-state index in [2.05, 4.69) is 19.2 Å². The molecule has 100 valence electrons. The third kappa shape index (κ3) is 1.85. The lowest BCUT2D eigenvalue weighted by Crippen LogP contribution is -2.57. The van der Waals surface area contributed by atoms with Gasteiger partial charge in [-0.2, -0.15) is 0 Å². The Labute approximate surface area is 108 Å². The molecule has 1 aromatic carbocycles. The molecule has 1 N–H and O–H groups in total. The van der Waals surface area contributed by atoms with Crippen molar-refractivity contribution in [2.45, 2.75) is 45.1 Å². The van der Waals surface area contributed by atoms with Crippen molar-refractivity contribution >= 4 is 0 Å². The van der Waals surface area contributed by atoms with Crippen molar-refractivity contribution < 1.29 is 8.78 Å². The summed E-state index contributed by atoms with van der Waals surface area (Å²) in [5.74, 6) is -0.497. The number of hydrogen-bond donors (Lipinski definition) is 1. The van der Waals surface area contributed by atoms with E-state index < -0.39 is 0 Å². The molecule has 0 bridgehead atoms. The molecule has 1 nitrogen and oxygen atoms in total. The van der Waals surface area contributed by atoms with Gasteiger partial charge in [-0.1, -0.05) is 13.8 Å². The zero-order valence-electron chi connectivity index (χ0n) is 11.3. The summed E-state index contributed by atoms with van der Waals surface area (Å²) in [7, 11) is 1.95. The average molecular weight is 253 g/mol. The second kappa shape index (κ2) is 4.96. The molecule has 1 aliphatic rings. The SMILES string of the molecule is CCC1(CC)C(NC)CC1c1cc(F)ccc1F. The summed E-state index contributed by atoms with van der Waals surface area (Å²) in [5.41, 5.74) is 0.605. The fraction of sp³-hybridized carbons (Fsp3) is 0.600. The molecular formula is C15H21F2N. The first-order valence-electron chi connectivity index (χ1n) is 6.71. The monoisotopic (exact) mass is 253 g/mol. The number of nitrogens with one attached hydrogen (secondary N) is 1. The first-order valence-corrected chi connectivity index (χ1v) is 6.71. The molecule has 2 rings (SSSR count). The highest BCUT2D eigenvalue weighted by Gasteiger charge is 2.52. The normalized spacial score (nSPS) is 25.8. The highest BCUT2D eigenvalue weighted by molar-refractivity contribution is 5.30. The van der Waals surface area contributed by atoms with E-state index in [1.165, 1.54) is 18.2 Å². The minimum atomic E-state index is -0.347. The van der Waals surface area contributed by atoms with Crippen molar-refractivity contribution in [3.8, 4) is 0 Å². The largest absolute Gasteiger partial charge is 0.316 e. The lowest BCUT2D eigenvalue weighted by molar-refractivity contribution is 0.0226. The second-order valence-corrected chi connectivity index (χ2v) is 5.24. The van der Waals surface area contributed by atoms with Crippen LogP contribution in [0.3, 0.4) is 0 Å². The van der Waals surface area contributed by atoms with Gasteiger partial charge in [0.05, 0.1) is 0 Å². The van der Waals surface area contributed by atoms with Crippen LogP contribution in [-0.4, -0.2) is 13.1 Å². The summed E-state index contributed by atoms with van der Waals surface area (Å²) in [5, 5.41) is 3.31. The number of hydrogen-bond acceptors (Lipinski definition) is 1. The minimum Gasteiger partial charge on any atom is -0.316 e. The van der Waals surface area contributed by atoms with Crippen LogP contribution in [0.4, 0.5) is 8.78 Å². The topological polar surface area (TPSA) is 12.0 Å². The number of rotatable bonds is 4. The van der Waals surface area contributed by atoms with Crippen molar-refractivity contribution in [2.24, 2.45) is 5.41 Å². The van der Waals surface area contributed by atoms with Gasteiger partial charge < -0.3 is 5.32 Å². The van der Waals surface area contributed by atoms with Gasteiger partial charge in [0.1, 0.15) is 11.6 Å². The van der Waals surface area contributed by atoms with E-state index in [0.29, 0.717) is 11.6 Å². The number of benzene rings is 1. The van der Waals surface area contributed by atoms with Gasteiger partial charge in [-0.05, 0) is 61.4 Å². The first-order chi connectivity index (χ1) is 8.58. The van der Waals surface area contributed by atoms with Crippen molar-refractivity contribution in [2.75, 3.05) is 7.05 Å². The standard InChI is InChI=1S/C15H21F2N/c1-4-15(5-2)12(9-14(15)18-3)11-8-10(16)6-7-13(11)17/h6-8,12,14,18H,4-5,9H2,1-3H3. The van der Waals surface area contributed by atoms with Crippen molar-refractivity contribution in [1.29, 1.82) is 0 Å². The maximum atomic E-state index is 13.9. The van der Waals surface area contributed by atoms with Crippen LogP contribution in [0.5, 0.6) is 0 Å². The Morgan fingerprint density at radius 2 is 1.94 bits per heavy atom. The Balaban J connectivity index is 2.37. The smallest absolute Gasteiger partial charge is 0.126 e. The third-order valence-electron chi connectivity index (χ3n) is 4.86. The zero-order valence-corrected chi connectivity index (χ0v) is 11.3. The maximum Gasteiger partial charge on any atom is 0.126 e. The summed E-state index contributed by atoms with van der Waals surface area (Å²) >= 11 is 0. The lowest BCUT2D eigenvalue weighted by atomic mass is 9.52. The van der Waals surface area contributed by atoms with Crippen LogP contribution in [0.15, 0.2) is 18.2 Å². The molecule has 18 heavy (non-hydrogen) atoms. The fourth-order valence-electron chi connectivity index (χ4n) is 3.65. The van der Waals surface area contributed by atoms with Gasteiger partial charge in [0.2, 0.25) is 0 Å². The van der Waals surface area contributed by atoms with E-state index in [1.54, 1.807) is 0 Å². The average Bonchev–Trinajstić information content (AvgIpc) is 2.35. The molecule has 0 saturated heterocycles. The van der Waals surface area contributed by atoms with E-state index in [-0.39, 0.29) is 23.0 Å². The van der Waals surface area contributed by atoms with Gasteiger partial charge in [0, 0.05) is 6.04 Å². The van der Waals surface area contributed by atoms with Gasteiger partial charge in [0.15, 0.2) is 0 Å². The van der Waals surface area contributed by atoms with E-state index in [9.17, 15) is 8.78 Å². The van der Waals surface area contributed by atoms with Crippen LogP contribution in [0, 0.1) is 17.0 Å². The first kappa shape index (κ1) is 13.5. The predicted molar refractivity (Wildman–Crippen MR) is 69.6 cm³/mol. The van der Waals surface area contributed by atoms with Crippen molar-refractivity contribution in [3.05, 3.63) is 35.4 Å². The Morgan fingerprint density at radius 1 is 1.28 bits per heavy atom. The van der Waals surface area contributed by atoms with Crippen molar-refractivity contribution in [3.63, 3.8) is 0 Å². The molecular weight excluding hydrogens is 232 g/mol. The molecule has 1 saturated carbocycles. The van der Waals surface area contributed by atoms with Crippen LogP contribution >= 0.6 is 0 Å². The van der Waals surface area contributed by atoms with E-state index in [4.69, 9.17) is 0 Å². The summed E-state index contributed by atoms with van der Waals surface area (Å²) in [6.45, 7) is 4.27. The van der Waals surface area contributed by atoms with Crippen LogP contribution in [-0.2, 0) is 0 Å². The Bertz CT molecular complexity index is 427. The quantitative estimate of drug-likeness (QED) is 0.859. The van der Waals surface area contributed by atoms with Gasteiger partial charge in [0.25, 0.3) is 0 Å². The molecule has 2 unspecified atom stereocenters. The molecule has 1 aromatic rings. The summed E-state index contributed by atoms with van der Waals surface area (Å²) < 4.78 is 27.2. The Morgan fingerprint density at radius 3 is 2.50 bits per heavy atom. The van der Waals surface area contributed by atoms with E-state index in [0.717, 1.165) is 19.3 Å². The van der Waals surface area contributed by atoms with Gasteiger partial charge in [-0.15, -0.1) is 0 Å². The summed E-state index contributed by atoms with van der Waals surface area (Å²) in [4.78, 5) is 0. The molecule has 0 radical (unpaired) electrons. The Hall–Kier alpha value is -0.960. The maximum absolute atomic E-state index is 13.9. The second-order valence-electron chi connectivity index (χ2n) is 5.24. The van der Waals surface area contributed by atoms with Gasteiger partial charge in [-0.25, -0.2) is 8.78 Å². The molecule has 0 heterocycles. The van der Waals surface area contributed by atoms with Gasteiger partial charge in [-0.3, -0.25) is 0 Å².